The van der Waals surface area contributed by atoms with Crippen LogP contribution in [-0.2, 0) is 16.1 Å². The van der Waals surface area contributed by atoms with Crippen LogP contribution < -0.4 is 5.63 Å². The van der Waals surface area contributed by atoms with Crippen molar-refractivity contribution in [2.75, 3.05) is 0 Å². The Morgan fingerprint density at radius 2 is 1.96 bits per heavy atom. The summed E-state index contributed by atoms with van der Waals surface area (Å²) in [5.74, 6) is -0.677. The number of ether oxygens (including phenoxy) is 1. The number of fused-ring (bicyclic) bond motifs is 1. The van der Waals surface area contributed by atoms with Gasteiger partial charge in [-0.05, 0) is 37.1 Å². The molecule has 3 rings (SSSR count). The first kappa shape index (κ1) is 19.0. The highest BCUT2D eigenvalue weighted by atomic mass is 16.6. The molecule has 0 saturated carbocycles. The number of benzene rings is 2. The van der Waals surface area contributed by atoms with Gasteiger partial charge in [0.05, 0.1) is 10.5 Å². The standard InChI is InChI=1S/C21H17NO6/c1-13-7-9-17-16(11-20(24)28-21(17)14(13)2)12-27-19(23)10-8-15-5-3-4-6-18(15)22(25)26/h3-11H,12H2,1-2H3/b10-8+. The van der Waals surface area contributed by atoms with E-state index in [0.717, 1.165) is 17.2 Å². The molecule has 0 unspecified atom stereocenters. The summed E-state index contributed by atoms with van der Waals surface area (Å²) in [6.45, 7) is 3.64. The first-order chi connectivity index (χ1) is 13.4. The molecule has 0 fully saturated rings. The van der Waals surface area contributed by atoms with E-state index in [1.54, 1.807) is 12.1 Å². The van der Waals surface area contributed by atoms with Crippen LogP contribution >= 0.6 is 0 Å². The Labute approximate surface area is 160 Å². The van der Waals surface area contributed by atoms with Crippen LogP contribution in [0.2, 0.25) is 0 Å². The minimum atomic E-state index is -0.677. The molecule has 0 amide bonds. The Bertz CT molecular complexity index is 1160. The number of hydrogen-bond acceptors (Lipinski definition) is 6. The van der Waals surface area contributed by atoms with Crippen LogP contribution in [0, 0.1) is 24.0 Å². The van der Waals surface area contributed by atoms with E-state index in [2.05, 4.69) is 0 Å². The topological polar surface area (TPSA) is 99.6 Å². The number of rotatable bonds is 5. The second kappa shape index (κ2) is 7.87. The number of para-hydroxylation sites is 1. The summed E-state index contributed by atoms with van der Waals surface area (Å²) < 4.78 is 10.5. The van der Waals surface area contributed by atoms with Gasteiger partial charge in [-0.25, -0.2) is 9.59 Å². The molecule has 0 saturated heterocycles. The fourth-order valence-electron chi connectivity index (χ4n) is 2.79. The number of aryl methyl sites for hydroxylation is 2. The normalized spacial score (nSPS) is 11.1. The van der Waals surface area contributed by atoms with E-state index in [0.29, 0.717) is 22.1 Å². The van der Waals surface area contributed by atoms with Crippen molar-refractivity contribution in [2.45, 2.75) is 20.5 Å². The van der Waals surface area contributed by atoms with Crippen molar-refractivity contribution in [1.82, 2.24) is 0 Å². The summed E-state index contributed by atoms with van der Waals surface area (Å²) >= 11 is 0. The van der Waals surface area contributed by atoms with Gasteiger partial charge in [0.15, 0.2) is 0 Å². The number of carbonyl (C=O) groups excluding carboxylic acids is 1. The molecule has 3 aromatic rings. The smallest absolute Gasteiger partial charge is 0.336 e. The zero-order chi connectivity index (χ0) is 20.3. The molecular weight excluding hydrogens is 362 g/mol. The zero-order valence-electron chi connectivity index (χ0n) is 15.3. The highest BCUT2D eigenvalue weighted by molar-refractivity contribution is 5.88. The average molecular weight is 379 g/mol. The van der Waals surface area contributed by atoms with Crippen LogP contribution in [0.25, 0.3) is 17.0 Å². The highest BCUT2D eigenvalue weighted by Gasteiger charge is 2.12. The number of nitro benzene ring substituents is 1. The Kier molecular flexibility index (Phi) is 5.35. The number of nitro groups is 1. The SMILES string of the molecule is Cc1ccc2c(COC(=O)/C=C/c3ccccc3[N+](=O)[O-])cc(=O)oc2c1C. The maximum absolute atomic E-state index is 12.0. The summed E-state index contributed by atoms with van der Waals surface area (Å²) in [4.78, 5) is 34.4. The molecule has 142 valence electrons. The Balaban J connectivity index is 1.80. The average Bonchev–Trinajstić information content (AvgIpc) is 2.67. The largest absolute Gasteiger partial charge is 0.458 e. The van der Waals surface area contributed by atoms with Crippen molar-refractivity contribution >= 4 is 28.7 Å². The predicted octanol–water partition coefficient (Wildman–Crippen LogP) is 4.07. The molecule has 2 aromatic carbocycles. The van der Waals surface area contributed by atoms with E-state index in [-0.39, 0.29) is 12.3 Å². The van der Waals surface area contributed by atoms with Crippen LogP contribution in [0.1, 0.15) is 22.3 Å². The Morgan fingerprint density at radius 3 is 2.71 bits per heavy atom. The minimum absolute atomic E-state index is 0.107. The van der Waals surface area contributed by atoms with Crippen LogP contribution in [0.5, 0.6) is 0 Å². The number of carbonyl (C=O) groups is 1. The van der Waals surface area contributed by atoms with Gasteiger partial charge >= 0.3 is 11.6 Å². The third kappa shape index (κ3) is 3.98. The third-order valence-corrected chi connectivity index (χ3v) is 4.42. The van der Waals surface area contributed by atoms with Gasteiger partial charge in [-0.15, -0.1) is 0 Å². The summed E-state index contributed by atoms with van der Waals surface area (Å²) in [6, 6.07) is 11.1. The van der Waals surface area contributed by atoms with Gasteiger partial charge in [-0.2, -0.15) is 0 Å². The third-order valence-electron chi connectivity index (χ3n) is 4.42. The summed E-state index contributed by atoms with van der Waals surface area (Å²) in [7, 11) is 0. The van der Waals surface area contributed by atoms with E-state index in [4.69, 9.17) is 9.15 Å². The first-order valence-electron chi connectivity index (χ1n) is 8.48. The van der Waals surface area contributed by atoms with E-state index < -0.39 is 16.5 Å². The second-order valence-electron chi connectivity index (χ2n) is 6.23. The quantitative estimate of drug-likeness (QED) is 0.218. The number of nitrogens with zero attached hydrogens (tertiary/aromatic N) is 1. The second-order valence-corrected chi connectivity index (χ2v) is 6.23. The zero-order valence-corrected chi connectivity index (χ0v) is 15.3. The molecule has 7 heteroatoms. The molecule has 0 aliphatic rings. The molecule has 28 heavy (non-hydrogen) atoms. The molecule has 1 aromatic heterocycles. The molecule has 7 nitrogen and oxygen atoms in total. The van der Waals surface area contributed by atoms with Crippen molar-refractivity contribution in [3.63, 3.8) is 0 Å². The minimum Gasteiger partial charge on any atom is -0.458 e. The van der Waals surface area contributed by atoms with Gasteiger partial charge in [0.2, 0.25) is 0 Å². The lowest BCUT2D eigenvalue weighted by Crippen LogP contribution is -2.06. The van der Waals surface area contributed by atoms with Crippen LogP contribution in [0.3, 0.4) is 0 Å². The molecule has 0 bridgehead atoms. The van der Waals surface area contributed by atoms with Crippen LogP contribution in [0.15, 0.2) is 57.8 Å². The lowest BCUT2D eigenvalue weighted by atomic mass is 10.0. The van der Waals surface area contributed by atoms with E-state index in [9.17, 15) is 19.7 Å². The first-order valence-corrected chi connectivity index (χ1v) is 8.48. The van der Waals surface area contributed by atoms with Gasteiger partial charge in [-0.1, -0.05) is 24.3 Å². The van der Waals surface area contributed by atoms with Crippen molar-refractivity contribution in [2.24, 2.45) is 0 Å². The molecular formula is C21H17NO6. The molecule has 0 aliphatic heterocycles. The molecule has 0 atom stereocenters. The van der Waals surface area contributed by atoms with Crippen LogP contribution in [0.4, 0.5) is 5.69 Å². The van der Waals surface area contributed by atoms with Crippen molar-refractivity contribution in [3.8, 4) is 0 Å². The van der Waals surface area contributed by atoms with Gasteiger partial charge in [-0.3, -0.25) is 10.1 Å². The number of hydrogen-bond donors (Lipinski definition) is 0. The maximum atomic E-state index is 12.0. The van der Waals surface area contributed by atoms with Gasteiger partial charge < -0.3 is 9.15 Å². The van der Waals surface area contributed by atoms with E-state index in [1.807, 2.05) is 26.0 Å². The molecule has 0 aliphatic carbocycles. The van der Waals surface area contributed by atoms with Gasteiger partial charge in [0.1, 0.15) is 12.2 Å². The Hall–Kier alpha value is -3.74. The summed E-state index contributed by atoms with van der Waals surface area (Å²) in [5.41, 5.74) is 2.49. The van der Waals surface area contributed by atoms with E-state index in [1.165, 1.54) is 24.3 Å². The fourth-order valence-corrected chi connectivity index (χ4v) is 2.79. The van der Waals surface area contributed by atoms with Crippen molar-refractivity contribution in [3.05, 3.63) is 91.3 Å². The predicted molar refractivity (Wildman–Crippen MR) is 104 cm³/mol. The molecule has 0 radical (unpaired) electrons. The maximum Gasteiger partial charge on any atom is 0.336 e. The highest BCUT2D eigenvalue weighted by Crippen LogP contribution is 2.24. The lowest BCUT2D eigenvalue weighted by molar-refractivity contribution is -0.385. The van der Waals surface area contributed by atoms with Crippen molar-refractivity contribution in [1.29, 1.82) is 0 Å². The fraction of sp³-hybridized carbons (Fsp3) is 0.143. The Morgan fingerprint density at radius 1 is 1.21 bits per heavy atom. The summed E-state index contributed by atoms with van der Waals surface area (Å²) in [5, 5.41) is 11.7. The van der Waals surface area contributed by atoms with Gasteiger partial charge in [0.25, 0.3) is 5.69 Å². The molecule has 0 N–H and O–H groups in total. The number of esters is 1. The lowest BCUT2D eigenvalue weighted by Gasteiger charge is -2.09. The van der Waals surface area contributed by atoms with Gasteiger partial charge in [0, 0.05) is 29.2 Å². The van der Waals surface area contributed by atoms with Crippen LogP contribution in [-0.4, -0.2) is 10.9 Å². The monoisotopic (exact) mass is 379 g/mol. The van der Waals surface area contributed by atoms with E-state index >= 15 is 0 Å². The van der Waals surface area contributed by atoms with Crippen molar-refractivity contribution < 1.29 is 18.9 Å². The molecule has 1 heterocycles. The molecule has 0 spiro atoms. The summed E-state index contributed by atoms with van der Waals surface area (Å²) in [6.07, 6.45) is 2.44.